The molecule has 0 radical (unpaired) electrons. The number of fused-ring (bicyclic) bond motifs is 3. The first-order valence-corrected chi connectivity index (χ1v) is 9.38. The Morgan fingerprint density at radius 2 is 1.93 bits per heavy atom. The Labute approximate surface area is 167 Å². The number of rotatable bonds is 3. The highest BCUT2D eigenvalue weighted by atomic mass is 19.4. The number of carbonyl (C=O) groups is 1. The molecule has 30 heavy (non-hydrogen) atoms. The number of ether oxygens (including phenoxy) is 1. The number of aromatic nitrogens is 4. The van der Waals surface area contributed by atoms with E-state index in [9.17, 15) is 22.8 Å². The van der Waals surface area contributed by atoms with Gasteiger partial charge >= 0.3 is 6.18 Å². The van der Waals surface area contributed by atoms with Crippen LogP contribution in [0.15, 0.2) is 41.6 Å². The molecule has 1 amide bonds. The number of amides is 1. The lowest BCUT2D eigenvalue weighted by molar-refractivity contribution is -0.196. The lowest BCUT2D eigenvalue weighted by Gasteiger charge is -2.28. The van der Waals surface area contributed by atoms with Crippen LogP contribution >= 0.6 is 0 Å². The van der Waals surface area contributed by atoms with Crippen molar-refractivity contribution in [3.05, 3.63) is 47.1 Å². The zero-order chi connectivity index (χ0) is 21.0. The van der Waals surface area contributed by atoms with Crippen LogP contribution in [0, 0.1) is 11.8 Å². The predicted octanol–water partition coefficient (Wildman–Crippen LogP) is 2.40. The van der Waals surface area contributed by atoms with Crippen LogP contribution < -0.4 is 10.9 Å². The van der Waals surface area contributed by atoms with Crippen molar-refractivity contribution < 1.29 is 22.7 Å². The Bertz CT molecular complexity index is 1170. The normalized spacial score (nSPS) is 25.7. The Morgan fingerprint density at radius 1 is 1.20 bits per heavy atom. The number of aromatic amines is 1. The third kappa shape index (κ3) is 2.96. The average molecular weight is 419 g/mol. The van der Waals surface area contributed by atoms with Crippen LogP contribution in [0.4, 0.5) is 18.9 Å². The van der Waals surface area contributed by atoms with Crippen molar-refractivity contribution in [3.8, 4) is 5.69 Å². The summed E-state index contributed by atoms with van der Waals surface area (Å²) in [5, 5.41) is 7.04. The molecule has 0 spiro atoms. The van der Waals surface area contributed by atoms with Gasteiger partial charge in [0, 0.05) is 5.69 Å². The molecule has 2 saturated heterocycles. The number of hydrogen-bond donors (Lipinski definition) is 2. The molecule has 1 aromatic carbocycles. The standard InChI is InChI=1S/C19H16F3N5O3/c20-19(21,22)15-13-6-5-12(30-13)14(15)18(29)26-9-1-3-10(4-2-9)27-16-11(7-25-27)17(28)24-8-23-16/h1-4,7-8,12-15H,5-6H2,(H,26,29)(H,23,24,28). The van der Waals surface area contributed by atoms with Crippen LogP contribution in [-0.4, -0.2) is 44.0 Å². The minimum Gasteiger partial charge on any atom is -0.373 e. The van der Waals surface area contributed by atoms with Gasteiger partial charge in [0.1, 0.15) is 5.39 Å². The third-order valence-electron chi connectivity index (χ3n) is 5.70. The van der Waals surface area contributed by atoms with E-state index in [2.05, 4.69) is 20.4 Å². The highest BCUT2D eigenvalue weighted by molar-refractivity contribution is 5.93. The molecule has 2 aromatic heterocycles. The maximum absolute atomic E-state index is 13.4. The maximum Gasteiger partial charge on any atom is 0.395 e. The molecule has 2 aliphatic heterocycles. The van der Waals surface area contributed by atoms with Crippen molar-refractivity contribution in [1.82, 2.24) is 19.7 Å². The molecule has 4 atom stereocenters. The fraction of sp³-hybridized carbons (Fsp3) is 0.368. The van der Waals surface area contributed by atoms with Crippen LogP contribution in [0.1, 0.15) is 12.8 Å². The van der Waals surface area contributed by atoms with Crippen LogP contribution in [-0.2, 0) is 9.53 Å². The van der Waals surface area contributed by atoms with Gasteiger partial charge in [0.25, 0.3) is 5.56 Å². The summed E-state index contributed by atoms with van der Waals surface area (Å²) in [7, 11) is 0. The van der Waals surface area contributed by atoms with Gasteiger partial charge in [0.05, 0.1) is 42.3 Å². The molecule has 2 aliphatic rings. The Morgan fingerprint density at radius 3 is 2.67 bits per heavy atom. The number of alkyl halides is 3. The van der Waals surface area contributed by atoms with Gasteiger partial charge in [-0.05, 0) is 37.1 Å². The summed E-state index contributed by atoms with van der Waals surface area (Å²) in [4.78, 5) is 31.0. The van der Waals surface area contributed by atoms with E-state index in [0.717, 1.165) is 0 Å². The molecule has 5 rings (SSSR count). The summed E-state index contributed by atoms with van der Waals surface area (Å²) < 4.78 is 47.1. The van der Waals surface area contributed by atoms with E-state index < -0.39 is 36.1 Å². The van der Waals surface area contributed by atoms with Crippen LogP contribution in [0.25, 0.3) is 16.7 Å². The number of anilines is 1. The molecule has 3 aromatic rings. The van der Waals surface area contributed by atoms with Crippen molar-refractivity contribution >= 4 is 22.6 Å². The smallest absolute Gasteiger partial charge is 0.373 e. The quantitative estimate of drug-likeness (QED) is 0.679. The second-order valence-corrected chi connectivity index (χ2v) is 7.44. The summed E-state index contributed by atoms with van der Waals surface area (Å²) in [5.74, 6) is -3.74. The van der Waals surface area contributed by atoms with Gasteiger partial charge in [-0.15, -0.1) is 0 Å². The molecule has 2 fully saturated rings. The molecule has 11 heteroatoms. The molecule has 156 valence electrons. The van der Waals surface area contributed by atoms with E-state index in [4.69, 9.17) is 4.74 Å². The Balaban J connectivity index is 1.37. The molecule has 0 saturated carbocycles. The Kier molecular flexibility index (Phi) is 4.17. The van der Waals surface area contributed by atoms with Crippen molar-refractivity contribution in [3.63, 3.8) is 0 Å². The number of nitrogens with zero attached hydrogens (tertiary/aromatic N) is 3. The van der Waals surface area contributed by atoms with E-state index in [1.165, 1.54) is 17.2 Å². The molecule has 4 heterocycles. The fourth-order valence-electron chi connectivity index (χ4n) is 4.38. The average Bonchev–Trinajstić information content (AvgIpc) is 3.42. The van der Waals surface area contributed by atoms with Crippen molar-refractivity contribution in [2.75, 3.05) is 5.32 Å². The van der Waals surface area contributed by atoms with Crippen molar-refractivity contribution in [2.45, 2.75) is 31.2 Å². The third-order valence-corrected chi connectivity index (χ3v) is 5.70. The second kappa shape index (κ2) is 6.66. The second-order valence-electron chi connectivity index (χ2n) is 7.44. The van der Waals surface area contributed by atoms with E-state index in [1.54, 1.807) is 24.3 Å². The number of hydrogen-bond acceptors (Lipinski definition) is 5. The highest BCUT2D eigenvalue weighted by Crippen LogP contribution is 2.50. The molecule has 2 bridgehead atoms. The van der Waals surface area contributed by atoms with Gasteiger partial charge in [-0.2, -0.15) is 18.3 Å². The first kappa shape index (κ1) is 18.8. The molecule has 2 N–H and O–H groups in total. The molecule has 8 nitrogen and oxygen atoms in total. The van der Waals surface area contributed by atoms with Crippen LogP contribution in [0.3, 0.4) is 0 Å². The maximum atomic E-state index is 13.4. The van der Waals surface area contributed by atoms with Gasteiger partial charge in [-0.3, -0.25) is 9.59 Å². The van der Waals surface area contributed by atoms with Gasteiger partial charge < -0.3 is 15.0 Å². The zero-order valence-electron chi connectivity index (χ0n) is 15.4. The minimum atomic E-state index is -4.49. The monoisotopic (exact) mass is 419 g/mol. The largest absolute Gasteiger partial charge is 0.395 e. The first-order chi connectivity index (χ1) is 14.3. The molecule has 0 aliphatic carbocycles. The number of halogens is 3. The van der Waals surface area contributed by atoms with E-state index in [0.29, 0.717) is 35.2 Å². The summed E-state index contributed by atoms with van der Waals surface area (Å²) in [6.07, 6.45) is -2.71. The van der Waals surface area contributed by atoms with E-state index >= 15 is 0 Å². The predicted molar refractivity (Wildman–Crippen MR) is 99.0 cm³/mol. The number of carbonyl (C=O) groups excluding carboxylic acids is 1. The summed E-state index contributed by atoms with van der Waals surface area (Å²) in [6, 6.07) is 6.38. The lowest BCUT2D eigenvalue weighted by atomic mass is 9.78. The number of H-pyrrole nitrogens is 1. The van der Waals surface area contributed by atoms with Crippen molar-refractivity contribution in [2.24, 2.45) is 11.8 Å². The summed E-state index contributed by atoms with van der Waals surface area (Å²) >= 11 is 0. The van der Waals surface area contributed by atoms with E-state index in [1.807, 2.05) is 0 Å². The fourth-order valence-corrected chi connectivity index (χ4v) is 4.38. The highest BCUT2D eigenvalue weighted by Gasteiger charge is 2.62. The summed E-state index contributed by atoms with van der Waals surface area (Å²) in [5.41, 5.74) is 0.984. The van der Waals surface area contributed by atoms with E-state index in [-0.39, 0.29) is 5.56 Å². The van der Waals surface area contributed by atoms with Gasteiger partial charge in [-0.1, -0.05) is 0 Å². The molecular weight excluding hydrogens is 403 g/mol. The number of nitrogens with one attached hydrogen (secondary N) is 2. The SMILES string of the molecule is O=C(Nc1ccc(-n2ncc3c(=O)[nH]cnc32)cc1)C1C2CCC(O2)C1C(F)(F)F. The van der Waals surface area contributed by atoms with Crippen LogP contribution in [0.2, 0.25) is 0 Å². The van der Waals surface area contributed by atoms with Gasteiger partial charge in [0.15, 0.2) is 5.65 Å². The van der Waals surface area contributed by atoms with Crippen LogP contribution in [0.5, 0.6) is 0 Å². The zero-order valence-corrected chi connectivity index (χ0v) is 15.4. The van der Waals surface area contributed by atoms with Gasteiger partial charge in [0.2, 0.25) is 5.91 Å². The minimum absolute atomic E-state index is 0.317. The Hall–Kier alpha value is -3.21. The lowest BCUT2D eigenvalue weighted by Crippen LogP contribution is -2.44. The van der Waals surface area contributed by atoms with Gasteiger partial charge in [-0.25, -0.2) is 9.67 Å². The van der Waals surface area contributed by atoms with Crippen molar-refractivity contribution in [1.29, 1.82) is 0 Å². The molecule has 4 unspecified atom stereocenters. The summed E-state index contributed by atoms with van der Waals surface area (Å²) in [6.45, 7) is 0. The topological polar surface area (TPSA) is 102 Å². The first-order valence-electron chi connectivity index (χ1n) is 9.38. The number of benzene rings is 1. The molecular formula is C19H16F3N5O3.